The van der Waals surface area contributed by atoms with Crippen LogP contribution in [0.4, 0.5) is 0 Å². The SMILES string of the molecule is CN1CCN(C(=O)c2nc(C(=O)O)cs2)CC1(C)C. The number of hydrogen-bond donors (Lipinski definition) is 1. The van der Waals surface area contributed by atoms with Crippen molar-refractivity contribution < 1.29 is 14.7 Å². The molecule has 2 heterocycles. The molecule has 0 bridgehead atoms. The van der Waals surface area contributed by atoms with Crippen LogP contribution in [0.25, 0.3) is 0 Å². The highest BCUT2D eigenvalue weighted by Gasteiger charge is 2.34. The average molecular weight is 283 g/mol. The fourth-order valence-electron chi connectivity index (χ4n) is 2.02. The van der Waals surface area contributed by atoms with Gasteiger partial charge < -0.3 is 10.0 Å². The van der Waals surface area contributed by atoms with Gasteiger partial charge in [-0.1, -0.05) is 0 Å². The molecule has 0 radical (unpaired) electrons. The summed E-state index contributed by atoms with van der Waals surface area (Å²) in [5.74, 6) is -1.28. The fraction of sp³-hybridized carbons (Fsp3) is 0.583. The quantitative estimate of drug-likeness (QED) is 0.876. The fourth-order valence-corrected chi connectivity index (χ4v) is 2.78. The molecule has 2 rings (SSSR count). The topological polar surface area (TPSA) is 73.7 Å². The van der Waals surface area contributed by atoms with Crippen molar-refractivity contribution >= 4 is 23.2 Å². The molecule has 0 aliphatic carbocycles. The lowest BCUT2D eigenvalue weighted by Crippen LogP contribution is -2.58. The van der Waals surface area contributed by atoms with E-state index in [1.165, 1.54) is 5.38 Å². The Bertz CT molecular complexity index is 512. The Labute approximate surface area is 115 Å². The summed E-state index contributed by atoms with van der Waals surface area (Å²) >= 11 is 1.08. The second-order valence-electron chi connectivity index (χ2n) is 5.30. The summed E-state index contributed by atoms with van der Waals surface area (Å²) in [6, 6.07) is 0. The smallest absolute Gasteiger partial charge is 0.355 e. The van der Waals surface area contributed by atoms with Gasteiger partial charge in [-0.2, -0.15) is 0 Å². The number of carbonyl (C=O) groups excluding carboxylic acids is 1. The zero-order chi connectivity index (χ0) is 14.2. The lowest BCUT2D eigenvalue weighted by Gasteiger charge is -2.45. The van der Waals surface area contributed by atoms with E-state index in [0.717, 1.165) is 17.9 Å². The van der Waals surface area contributed by atoms with Crippen molar-refractivity contribution in [2.24, 2.45) is 0 Å². The number of likely N-dealkylation sites (N-methyl/N-ethyl adjacent to an activating group) is 1. The van der Waals surface area contributed by atoms with Crippen LogP contribution in [0.5, 0.6) is 0 Å². The molecule has 6 nitrogen and oxygen atoms in total. The van der Waals surface area contributed by atoms with E-state index in [-0.39, 0.29) is 22.1 Å². The van der Waals surface area contributed by atoms with Crippen molar-refractivity contribution in [3.63, 3.8) is 0 Å². The maximum Gasteiger partial charge on any atom is 0.355 e. The molecule has 1 amide bonds. The molecular formula is C12H17N3O3S. The molecule has 7 heteroatoms. The largest absolute Gasteiger partial charge is 0.476 e. The number of amides is 1. The highest BCUT2D eigenvalue weighted by molar-refractivity contribution is 7.11. The monoisotopic (exact) mass is 283 g/mol. The third-order valence-electron chi connectivity index (χ3n) is 3.51. The van der Waals surface area contributed by atoms with Crippen LogP contribution < -0.4 is 0 Å². The summed E-state index contributed by atoms with van der Waals surface area (Å²) in [6.45, 7) is 6.22. The molecule has 1 saturated heterocycles. The number of piperazine rings is 1. The minimum absolute atomic E-state index is 0.0678. The number of nitrogens with zero attached hydrogens (tertiary/aromatic N) is 3. The number of aromatic nitrogens is 1. The highest BCUT2D eigenvalue weighted by Crippen LogP contribution is 2.21. The molecule has 0 aromatic carbocycles. The molecule has 1 fully saturated rings. The molecule has 1 aliphatic heterocycles. The molecule has 0 atom stereocenters. The summed E-state index contributed by atoms with van der Waals surface area (Å²) in [6.07, 6.45) is 0. The molecule has 0 spiro atoms. The van der Waals surface area contributed by atoms with Gasteiger partial charge in [0.2, 0.25) is 0 Å². The Kier molecular flexibility index (Phi) is 3.60. The minimum Gasteiger partial charge on any atom is -0.476 e. The van der Waals surface area contributed by atoms with Crippen molar-refractivity contribution in [2.75, 3.05) is 26.7 Å². The van der Waals surface area contributed by atoms with Crippen LogP contribution in [0.15, 0.2) is 5.38 Å². The Morgan fingerprint density at radius 1 is 1.42 bits per heavy atom. The van der Waals surface area contributed by atoms with Gasteiger partial charge in [-0.15, -0.1) is 11.3 Å². The lowest BCUT2D eigenvalue weighted by atomic mass is 10.00. The van der Waals surface area contributed by atoms with Gasteiger partial charge in [-0.3, -0.25) is 9.69 Å². The van der Waals surface area contributed by atoms with Crippen molar-refractivity contribution in [3.8, 4) is 0 Å². The molecule has 1 N–H and O–H groups in total. The molecular weight excluding hydrogens is 266 g/mol. The van der Waals surface area contributed by atoms with E-state index < -0.39 is 5.97 Å². The van der Waals surface area contributed by atoms with Gasteiger partial charge in [-0.05, 0) is 20.9 Å². The van der Waals surface area contributed by atoms with Crippen LogP contribution in [0.2, 0.25) is 0 Å². The first-order chi connectivity index (χ1) is 8.81. The lowest BCUT2D eigenvalue weighted by molar-refractivity contribution is 0.0311. The number of aromatic carboxylic acids is 1. The van der Waals surface area contributed by atoms with E-state index >= 15 is 0 Å². The molecule has 0 saturated carbocycles. The maximum atomic E-state index is 12.3. The van der Waals surface area contributed by atoms with E-state index in [4.69, 9.17) is 5.11 Å². The van der Waals surface area contributed by atoms with Crippen LogP contribution in [-0.2, 0) is 0 Å². The van der Waals surface area contributed by atoms with Crippen LogP contribution in [0.3, 0.4) is 0 Å². The second-order valence-corrected chi connectivity index (χ2v) is 6.16. The third kappa shape index (κ3) is 2.76. The van der Waals surface area contributed by atoms with E-state index in [1.54, 1.807) is 4.90 Å². The molecule has 1 aromatic heterocycles. The van der Waals surface area contributed by atoms with Crippen LogP contribution in [0.1, 0.15) is 34.1 Å². The van der Waals surface area contributed by atoms with Crippen molar-refractivity contribution in [3.05, 3.63) is 16.1 Å². The van der Waals surface area contributed by atoms with Gasteiger partial charge in [-0.25, -0.2) is 9.78 Å². The molecule has 104 valence electrons. The van der Waals surface area contributed by atoms with E-state index in [1.807, 2.05) is 7.05 Å². The first kappa shape index (κ1) is 14.0. The minimum atomic E-state index is -1.10. The van der Waals surface area contributed by atoms with Crippen molar-refractivity contribution in [1.29, 1.82) is 0 Å². The van der Waals surface area contributed by atoms with Gasteiger partial charge in [0.05, 0.1) is 0 Å². The Balaban J connectivity index is 2.13. The third-order valence-corrected chi connectivity index (χ3v) is 4.34. The van der Waals surface area contributed by atoms with Crippen molar-refractivity contribution in [1.82, 2.24) is 14.8 Å². The molecule has 19 heavy (non-hydrogen) atoms. The summed E-state index contributed by atoms with van der Waals surface area (Å²) in [5.41, 5.74) is -0.150. The van der Waals surface area contributed by atoms with Crippen LogP contribution >= 0.6 is 11.3 Å². The van der Waals surface area contributed by atoms with Gasteiger partial charge in [0, 0.05) is 30.6 Å². The zero-order valence-corrected chi connectivity index (χ0v) is 12.0. The number of carbonyl (C=O) groups is 2. The Morgan fingerprint density at radius 3 is 2.63 bits per heavy atom. The number of thiazole rings is 1. The normalized spacial score (nSPS) is 19.4. The second kappa shape index (κ2) is 4.90. The number of hydrogen-bond acceptors (Lipinski definition) is 5. The first-order valence-corrected chi connectivity index (χ1v) is 6.88. The highest BCUT2D eigenvalue weighted by atomic mass is 32.1. The van der Waals surface area contributed by atoms with E-state index in [9.17, 15) is 9.59 Å². The molecule has 1 aromatic rings. The maximum absolute atomic E-state index is 12.3. The predicted octanol–water partition coefficient (Wildman–Crippen LogP) is 1.01. The Morgan fingerprint density at radius 2 is 2.11 bits per heavy atom. The Hall–Kier alpha value is -1.47. The van der Waals surface area contributed by atoms with Gasteiger partial charge in [0.25, 0.3) is 5.91 Å². The number of carboxylic acids is 1. The standard InChI is InChI=1S/C12H17N3O3S/c1-12(2)7-15(5-4-14(12)3)10(16)9-13-8(6-19-9)11(17)18/h6H,4-5,7H2,1-3H3,(H,17,18). The van der Waals surface area contributed by atoms with E-state index in [0.29, 0.717) is 13.1 Å². The summed E-state index contributed by atoms with van der Waals surface area (Å²) in [5, 5.41) is 10.5. The summed E-state index contributed by atoms with van der Waals surface area (Å²) in [4.78, 5) is 30.9. The van der Waals surface area contributed by atoms with Gasteiger partial charge in [0.1, 0.15) is 0 Å². The first-order valence-electron chi connectivity index (χ1n) is 6.00. The summed E-state index contributed by atoms with van der Waals surface area (Å²) < 4.78 is 0. The zero-order valence-electron chi connectivity index (χ0n) is 11.2. The van der Waals surface area contributed by atoms with Crippen LogP contribution in [-0.4, -0.2) is 64.0 Å². The number of rotatable bonds is 2. The summed E-state index contributed by atoms with van der Waals surface area (Å²) in [7, 11) is 2.04. The van der Waals surface area contributed by atoms with Crippen LogP contribution in [0, 0.1) is 0 Å². The van der Waals surface area contributed by atoms with Gasteiger partial charge in [0.15, 0.2) is 10.7 Å². The number of carboxylic acid groups (broad SMARTS) is 1. The van der Waals surface area contributed by atoms with E-state index in [2.05, 4.69) is 23.7 Å². The van der Waals surface area contributed by atoms with Crippen molar-refractivity contribution in [2.45, 2.75) is 19.4 Å². The van der Waals surface area contributed by atoms with Gasteiger partial charge >= 0.3 is 5.97 Å². The predicted molar refractivity (Wildman–Crippen MR) is 71.7 cm³/mol. The average Bonchev–Trinajstić information content (AvgIpc) is 2.81. The molecule has 1 aliphatic rings. The molecule has 0 unspecified atom stereocenters.